The molecule has 8 heteroatoms. The molecule has 1 amide bonds. The molecule has 1 aliphatic rings. The van der Waals surface area contributed by atoms with Gasteiger partial charge < -0.3 is 19.8 Å². The number of hydrogen-bond acceptors (Lipinski definition) is 6. The van der Waals surface area contributed by atoms with Crippen LogP contribution in [0.15, 0.2) is 53.7 Å². The van der Waals surface area contributed by atoms with E-state index in [0.717, 1.165) is 41.6 Å². The van der Waals surface area contributed by atoms with Gasteiger partial charge >= 0.3 is 0 Å². The molecule has 0 spiro atoms. The normalized spacial score (nSPS) is 17.2. The highest BCUT2D eigenvalue weighted by Gasteiger charge is 2.21. The van der Waals surface area contributed by atoms with E-state index in [1.165, 1.54) is 17.3 Å². The molecule has 2 aromatic carbocycles. The van der Waals surface area contributed by atoms with Crippen LogP contribution < -0.4 is 10.1 Å². The van der Waals surface area contributed by atoms with Crippen molar-refractivity contribution in [2.75, 3.05) is 39.1 Å². The summed E-state index contributed by atoms with van der Waals surface area (Å²) in [6.07, 6.45) is 0.00933. The molecular weight excluding hydrogens is 400 g/mol. The molecule has 3 aromatic rings. The average molecular weight is 427 g/mol. The van der Waals surface area contributed by atoms with Crippen LogP contribution in [-0.4, -0.2) is 66.0 Å². The fourth-order valence-electron chi connectivity index (χ4n) is 3.46. The van der Waals surface area contributed by atoms with Gasteiger partial charge in [0.15, 0.2) is 5.16 Å². The number of amides is 1. The molecule has 7 nitrogen and oxygen atoms in total. The molecule has 0 aliphatic carbocycles. The maximum atomic E-state index is 12.3. The summed E-state index contributed by atoms with van der Waals surface area (Å²) < 4.78 is 11.1. The third-order valence-corrected chi connectivity index (χ3v) is 5.88. The molecule has 30 heavy (non-hydrogen) atoms. The lowest BCUT2D eigenvalue weighted by molar-refractivity contribution is -0.119. The Labute approximate surface area is 180 Å². The Kier molecular flexibility index (Phi) is 6.88. The minimum absolute atomic E-state index is 0.00933. The standard InChI is InChI=1S/C22H26N4O3S/c1-28-17-7-8-19-20(11-17)25-22(24-19)30-15-21(27)23-12-18-14-26(9-10-29-18)13-16-5-3-2-4-6-16/h2-8,11,18H,9-10,12-15H2,1H3,(H,23,27)(H,24,25)/t18-/m1/s1. The molecule has 0 saturated carbocycles. The van der Waals surface area contributed by atoms with Crippen molar-refractivity contribution in [2.45, 2.75) is 17.8 Å². The predicted octanol–water partition coefficient (Wildman–Crippen LogP) is 2.68. The summed E-state index contributed by atoms with van der Waals surface area (Å²) in [5.41, 5.74) is 3.04. The summed E-state index contributed by atoms with van der Waals surface area (Å²) in [5, 5.41) is 3.70. The first-order chi connectivity index (χ1) is 14.7. The summed E-state index contributed by atoms with van der Waals surface area (Å²) in [7, 11) is 1.63. The molecule has 2 N–H and O–H groups in total. The number of rotatable bonds is 8. The number of fused-ring (bicyclic) bond motifs is 1. The number of hydrogen-bond donors (Lipinski definition) is 2. The molecule has 1 aliphatic heterocycles. The topological polar surface area (TPSA) is 79.5 Å². The van der Waals surface area contributed by atoms with E-state index in [1.54, 1.807) is 7.11 Å². The lowest BCUT2D eigenvalue weighted by Gasteiger charge is -2.33. The van der Waals surface area contributed by atoms with Crippen molar-refractivity contribution in [2.24, 2.45) is 0 Å². The fourth-order valence-corrected chi connectivity index (χ4v) is 4.18. The number of morpholine rings is 1. The Balaban J connectivity index is 1.21. The van der Waals surface area contributed by atoms with Crippen LogP contribution in [0.4, 0.5) is 0 Å². The van der Waals surface area contributed by atoms with Crippen LogP contribution in [0.25, 0.3) is 11.0 Å². The second-order valence-electron chi connectivity index (χ2n) is 7.23. The Morgan fingerprint density at radius 2 is 2.20 bits per heavy atom. The van der Waals surface area contributed by atoms with Crippen LogP contribution in [0.1, 0.15) is 5.56 Å². The first-order valence-electron chi connectivity index (χ1n) is 10.0. The zero-order chi connectivity index (χ0) is 20.8. The highest BCUT2D eigenvalue weighted by atomic mass is 32.2. The van der Waals surface area contributed by atoms with E-state index in [-0.39, 0.29) is 12.0 Å². The fraction of sp³-hybridized carbons (Fsp3) is 0.364. The Morgan fingerprint density at radius 1 is 1.33 bits per heavy atom. The largest absolute Gasteiger partial charge is 0.497 e. The highest BCUT2D eigenvalue weighted by Crippen LogP contribution is 2.23. The van der Waals surface area contributed by atoms with Crippen LogP contribution in [0, 0.1) is 0 Å². The van der Waals surface area contributed by atoms with E-state index >= 15 is 0 Å². The van der Waals surface area contributed by atoms with E-state index in [1.807, 2.05) is 24.3 Å². The van der Waals surface area contributed by atoms with Gasteiger partial charge in [-0.15, -0.1) is 0 Å². The van der Waals surface area contributed by atoms with Gasteiger partial charge in [0.05, 0.1) is 36.6 Å². The number of thioether (sulfide) groups is 1. The monoisotopic (exact) mass is 426 g/mol. The number of imidazole rings is 1. The smallest absolute Gasteiger partial charge is 0.230 e. The van der Waals surface area contributed by atoms with Crippen LogP contribution >= 0.6 is 11.8 Å². The van der Waals surface area contributed by atoms with Gasteiger partial charge in [-0.3, -0.25) is 9.69 Å². The van der Waals surface area contributed by atoms with Gasteiger partial charge in [-0.25, -0.2) is 4.98 Å². The van der Waals surface area contributed by atoms with Gasteiger partial charge in [-0.05, 0) is 17.7 Å². The maximum Gasteiger partial charge on any atom is 0.230 e. The number of aromatic amines is 1. The third-order valence-electron chi connectivity index (χ3n) is 5.01. The van der Waals surface area contributed by atoms with Crippen LogP contribution in [0.2, 0.25) is 0 Å². The van der Waals surface area contributed by atoms with Crippen molar-refractivity contribution >= 4 is 28.7 Å². The number of ether oxygens (including phenoxy) is 2. The van der Waals surface area contributed by atoms with Crippen LogP contribution in [0.3, 0.4) is 0 Å². The van der Waals surface area contributed by atoms with Gasteiger partial charge in [-0.2, -0.15) is 0 Å². The summed E-state index contributed by atoms with van der Waals surface area (Å²) in [6, 6.07) is 16.1. The molecule has 1 saturated heterocycles. The molecule has 0 radical (unpaired) electrons. The Hall–Kier alpha value is -2.55. The minimum Gasteiger partial charge on any atom is -0.497 e. The molecule has 158 valence electrons. The number of aromatic nitrogens is 2. The summed E-state index contributed by atoms with van der Waals surface area (Å²) in [6.45, 7) is 3.83. The van der Waals surface area contributed by atoms with Gasteiger partial charge in [0.25, 0.3) is 0 Å². The second-order valence-corrected chi connectivity index (χ2v) is 8.20. The average Bonchev–Trinajstić information content (AvgIpc) is 3.19. The SMILES string of the molecule is COc1ccc2nc(SCC(=O)NC[C@@H]3CN(Cc4ccccc4)CCO3)[nH]c2c1. The van der Waals surface area contributed by atoms with Crippen molar-refractivity contribution in [1.29, 1.82) is 0 Å². The van der Waals surface area contributed by atoms with E-state index < -0.39 is 0 Å². The predicted molar refractivity (Wildman–Crippen MR) is 118 cm³/mol. The summed E-state index contributed by atoms with van der Waals surface area (Å²) in [4.78, 5) is 22.4. The van der Waals surface area contributed by atoms with E-state index in [4.69, 9.17) is 9.47 Å². The van der Waals surface area contributed by atoms with E-state index in [9.17, 15) is 4.79 Å². The number of H-pyrrole nitrogens is 1. The molecule has 1 atom stereocenters. The van der Waals surface area contributed by atoms with Crippen LogP contribution in [0.5, 0.6) is 5.75 Å². The number of benzene rings is 2. The molecule has 0 unspecified atom stereocenters. The quantitative estimate of drug-likeness (QED) is 0.539. The van der Waals surface area contributed by atoms with Gasteiger partial charge in [-0.1, -0.05) is 42.1 Å². The van der Waals surface area contributed by atoms with E-state index in [0.29, 0.717) is 18.9 Å². The number of nitrogens with zero attached hydrogens (tertiary/aromatic N) is 2. The maximum absolute atomic E-state index is 12.3. The molecule has 2 heterocycles. The van der Waals surface area contributed by atoms with Gasteiger partial charge in [0.1, 0.15) is 5.75 Å². The minimum atomic E-state index is -0.0261. The molecule has 4 rings (SSSR count). The first-order valence-corrected chi connectivity index (χ1v) is 11.0. The summed E-state index contributed by atoms with van der Waals surface area (Å²) in [5.74, 6) is 1.05. The summed E-state index contributed by atoms with van der Waals surface area (Å²) >= 11 is 1.39. The first kappa shape index (κ1) is 20.7. The number of carbonyl (C=O) groups is 1. The van der Waals surface area contributed by atoms with Crippen molar-refractivity contribution in [1.82, 2.24) is 20.2 Å². The van der Waals surface area contributed by atoms with E-state index in [2.05, 4.69) is 44.5 Å². The number of nitrogens with one attached hydrogen (secondary N) is 2. The number of methoxy groups -OCH3 is 1. The molecular formula is C22H26N4O3S. The lowest BCUT2D eigenvalue weighted by Crippen LogP contribution is -2.47. The Bertz CT molecular complexity index is 979. The lowest BCUT2D eigenvalue weighted by atomic mass is 10.2. The van der Waals surface area contributed by atoms with Crippen molar-refractivity contribution in [3.8, 4) is 5.75 Å². The number of carbonyl (C=O) groups excluding carboxylic acids is 1. The molecule has 0 bridgehead atoms. The van der Waals surface area contributed by atoms with Crippen molar-refractivity contribution < 1.29 is 14.3 Å². The van der Waals surface area contributed by atoms with Crippen molar-refractivity contribution in [3.63, 3.8) is 0 Å². The second kappa shape index (κ2) is 9.97. The molecule has 1 aromatic heterocycles. The van der Waals surface area contributed by atoms with Gasteiger partial charge in [0.2, 0.25) is 5.91 Å². The zero-order valence-electron chi connectivity index (χ0n) is 17.0. The van der Waals surface area contributed by atoms with Gasteiger partial charge in [0, 0.05) is 32.2 Å². The Morgan fingerprint density at radius 3 is 3.03 bits per heavy atom. The molecule has 1 fully saturated rings. The van der Waals surface area contributed by atoms with Crippen molar-refractivity contribution in [3.05, 3.63) is 54.1 Å². The van der Waals surface area contributed by atoms with Crippen LogP contribution in [-0.2, 0) is 16.1 Å². The highest BCUT2D eigenvalue weighted by molar-refractivity contribution is 7.99. The zero-order valence-corrected chi connectivity index (χ0v) is 17.8. The third kappa shape index (κ3) is 5.53.